The molecular weight excluding hydrogens is 290 g/mol. The van der Waals surface area contributed by atoms with E-state index in [1.165, 1.54) is 6.20 Å². The fourth-order valence-electron chi connectivity index (χ4n) is 1.95. The second kappa shape index (κ2) is 6.33. The van der Waals surface area contributed by atoms with Crippen molar-refractivity contribution in [3.8, 4) is 35.0 Å². The molecule has 0 fully saturated rings. The second-order valence-electron chi connectivity index (χ2n) is 4.46. The zero-order valence-corrected chi connectivity index (χ0v) is 11.8. The SMILES string of the molecule is N#Cc1nc(Oc2cccnc2)c(-c2ccccc2)nc1C#N. The van der Waals surface area contributed by atoms with E-state index in [4.69, 9.17) is 15.3 Å². The first kappa shape index (κ1) is 14.2. The van der Waals surface area contributed by atoms with Crippen LogP contribution in [0.1, 0.15) is 11.4 Å². The van der Waals surface area contributed by atoms with E-state index < -0.39 is 0 Å². The van der Waals surface area contributed by atoms with Gasteiger partial charge in [-0.2, -0.15) is 15.5 Å². The zero-order valence-electron chi connectivity index (χ0n) is 11.8. The molecule has 1 aromatic carbocycles. The van der Waals surface area contributed by atoms with Crippen LogP contribution in [0.15, 0.2) is 54.9 Å². The maximum atomic E-state index is 9.15. The lowest BCUT2D eigenvalue weighted by molar-refractivity contribution is 0.459. The van der Waals surface area contributed by atoms with Gasteiger partial charge >= 0.3 is 0 Å². The van der Waals surface area contributed by atoms with E-state index in [-0.39, 0.29) is 17.3 Å². The van der Waals surface area contributed by atoms with E-state index in [2.05, 4.69) is 15.0 Å². The number of rotatable bonds is 3. The summed E-state index contributed by atoms with van der Waals surface area (Å²) in [5.74, 6) is 0.618. The van der Waals surface area contributed by atoms with E-state index >= 15 is 0 Å². The van der Waals surface area contributed by atoms with Gasteiger partial charge in [0.2, 0.25) is 5.88 Å². The minimum absolute atomic E-state index is 0.0371. The van der Waals surface area contributed by atoms with E-state index in [0.717, 1.165) is 5.56 Å². The highest BCUT2D eigenvalue weighted by Gasteiger charge is 2.17. The normalized spacial score (nSPS) is 9.65. The smallest absolute Gasteiger partial charge is 0.247 e. The first-order valence-electron chi connectivity index (χ1n) is 6.67. The third-order valence-corrected chi connectivity index (χ3v) is 2.97. The standard InChI is InChI=1S/C17H9N5O/c18-9-14-15(10-19)22-17(23-13-7-4-8-20-11-13)16(21-14)12-5-2-1-3-6-12/h1-8,11H. The molecule has 6 nitrogen and oxygen atoms in total. The van der Waals surface area contributed by atoms with Crippen LogP contribution in [0, 0.1) is 22.7 Å². The van der Waals surface area contributed by atoms with Crippen molar-refractivity contribution in [1.82, 2.24) is 15.0 Å². The summed E-state index contributed by atoms with van der Waals surface area (Å²) < 4.78 is 5.71. The highest BCUT2D eigenvalue weighted by molar-refractivity contribution is 5.66. The van der Waals surface area contributed by atoms with Gasteiger partial charge in [-0.05, 0) is 12.1 Å². The number of benzene rings is 1. The molecule has 3 rings (SSSR count). The zero-order chi connectivity index (χ0) is 16.1. The quantitative estimate of drug-likeness (QED) is 0.737. The van der Waals surface area contributed by atoms with Gasteiger partial charge in [-0.15, -0.1) is 0 Å². The van der Waals surface area contributed by atoms with E-state index in [0.29, 0.717) is 11.4 Å². The molecule has 0 atom stereocenters. The summed E-state index contributed by atoms with van der Waals surface area (Å²) in [4.78, 5) is 12.3. The average Bonchev–Trinajstić information content (AvgIpc) is 2.63. The number of aromatic nitrogens is 3. The number of nitrogens with zero attached hydrogens (tertiary/aromatic N) is 5. The summed E-state index contributed by atoms with van der Waals surface area (Å²) >= 11 is 0. The molecule has 0 spiro atoms. The van der Waals surface area contributed by atoms with Gasteiger partial charge in [-0.1, -0.05) is 30.3 Å². The van der Waals surface area contributed by atoms with Crippen LogP contribution < -0.4 is 4.74 Å². The van der Waals surface area contributed by atoms with Crippen molar-refractivity contribution in [2.75, 3.05) is 0 Å². The van der Waals surface area contributed by atoms with Gasteiger partial charge in [-0.3, -0.25) is 4.98 Å². The van der Waals surface area contributed by atoms with Crippen LogP contribution in [-0.2, 0) is 0 Å². The summed E-state index contributed by atoms with van der Waals surface area (Å²) in [6, 6.07) is 16.4. The van der Waals surface area contributed by atoms with Gasteiger partial charge in [0.25, 0.3) is 0 Å². The molecule has 2 aromatic heterocycles. The van der Waals surface area contributed by atoms with Crippen LogP contribution in [-0.4, -0.2) is 15.0 Å². The van der Waals surface area contributed by atoms with Crippen molar-refractivity contribution in [1.29, 1.82) is 10.5 Å². The first-order chi connectivity index (χ1) is 11.3. The highest BCUT2D eigenvalue weighted by Crippen LogP contribution is 2.30. The lowest BCUT2D eigenvalue weighted by atomic mass is 10.1. The number of hydrogen-bond acceptors (Lipinski definition) is 6. The van der Waals surface area contributed by atoms with Crippen molar-refractivity contribution in [2.45, 2.75) is 0 Å². The molecule has 0 N–H and O–H groups in total. The van der Waals surface area contributed by atoms with Crippen LogP contribution >= 0.6 is 0 Å². The minimum Gasteiger partial charge on any atom is -0.435 e. The monoisotopic (exact) mass is 299 g/mol. The molecule has 0 aliphatic heterocycles. The molecule has 0 unspecified atom stereocenters. The van der Waals surface area contributed by atoms with Gasteiger partial charge in [0.1, 0.15) is 23.6 Å². The third-order valence-electron chi connectivity index (χ3n) is 2.97. The summed E-state index contributed by atoms with van der Waals surface area (Å²) in [7, 11) is 0. The topological polar surface area (TPSA) is 95.5 Å². The molecule has 0 saturated carbocycles. The van der Waals surface area contributed by atoms with Gasteiger partial charge in [0.05, 0.1) is 6.20 Å². The largest absolute Gasteiger partial charge is 0.435 e. The maximum Gasteiger partial charge on any atom is 0.247 e. The van der Waals surface area contributed by atoms with E-state index in [1.54, 1.807) is 18.3 Å². The molecule has 0 radical (unpaired) electrons. The van der Waals surface area contributed by atoms with Gasteiger partial charge in [0, 0.05) is 11.8 Å². The summed E-state index contributed by atoms with van der Waals surface area (Å²) in [5.41, 5.74) is 1.01. The first-order valence-corrected chi connectivity index (χ1v) is 6.67. The molecule has 2 heterocycles. The molecule has 0 bridgehead atoms. The van der Waals surface area contributed by atoms with Gasteiger partial charge in [0.15, 0.2) is 11.4 Å². The Morgan fingerprint density at radius 1 is 0.870 bits per heavy atom. The Kier molecular flexibility index (Phi) is 3.91. The Morgan fingerprint density at radius 3 is 2.26 bits per heavy atom. The number of hydrogen-bond donors (Lipinski definition) is 0. The molecule has 3 aromatic rings. The molecule has 0 amide bonds. The molecule has 23 heavy (non-hydrogen) atoms. The fourth-order valence-corrected chi connectivity index (χ4v) is 1.95. The number of nitriles is 2. The van der Waals surface area contributed by atoms with Crippen LogP contribution in [0.2, 0.25) is 0 Å². The highest BCUT2D eigenvalue weighted by atomic mass is 16.5. The molecule has 108 valence electrons. The third kappa shape index (κ3) is 2.97. The Labute approximate surface area is 132 Å². The Morgan fingerprint density at radius 2 is 1.61 bits per heavy atom. The van der Waals surface area contributed by atoms with E-state index in [1.807, 2.05) is 42.5 Å². The second-order valence-corrected chi connectivity index (χ2v) is 4.46. The predicted molar refractivity (Wildman–Crippen MR) is 81.2 cm³/mol. The minimum atomic E-state index is -0.0777. The molecule has 0 saturated heterocycles. The van der Waals surface area contributed by atoms with Gasteiger partial charge < -0.3 is 4.74 Å². The Hall–Kier alpha value is -3.77. The fraction of sp³-hybridized carbons (Fsp3) is 0. The lowest BCUT2D eigenvalue weighted by Gasteiger charge is -2.10. The number of ether oxygens (including phenoxy) is 1. The summed E-state index contributed by atoms with van der Waals surface area (Å²) in [5, 5.41) is 18.3. The van der Waals surface area contributed by atoms with Crippen molar-refractivity contribution in [3.05, 3.63) is 66.2 Å². The molecule has 0 aliphatic rings. The number of pyridine rings is 1. The summed E-state index contributed by atoms with van der Waals surface area (Å²) in [6.45, 7) is 0. The summed E-state index contributed by atoms with van der Waals surface area (Å²) in [6.07, 6.45) is 3.15. The van der Waals surface area contributed by atoms with Crippen molar-refractivity contribution in [2.24, 2.45) is 0 Å². The van der Waals surface area contributed by atoms with Crippen molar-refractivity contribution < 1.29 is 4.74 Å². The maximum absolute atomic E-state index is 9.15. The van der Waals surface area contributed by atoms with Crippen LogP contribution in [0.25, 0.3) is 11.3 Å². The Balaban J connectivity index is 2.16. The van der Waals surface area contributed by atoms with Crippen molar-refractivity contribution >= 4 is 0 Å². The van der Waals surface area contributed by atoms with E-state index in [9.17, 15) is 0 Å². The van der Waals surface area contributed by atoms with Crippen LogP contribution in [0.3, 0.4) is 0 Å². The molecular formula is C17H9N5O. The Bertz CT molecular complexity index is 911. The van der Waals surface area contributed by atoms with Gasteiger partial charge in [-0.25, -0.2) is 4.98 Å². The molecule has 6 heteroatoms. The predicted octanol–water partition coefficient (Wildman–Crippen LogP) is 3.07. The average molecular weight is 299 g/mol. The molecule has 0 aliphatic carbocycles. The van der Waals surface area contributed by atoms with Crippen LogP contribution in [0.5, 0.6) is 11.6 Å². The lowest BCUT2D eigenvalue weighted by Crippen LogP contribution is -2.01. The van der Waals surface area contributed by atoms with Crippen molar-refractivity contribution in [3.63, 3.8) is 0 Å². The van der Waals surface area contributed by atoms with Crippen LogP contribution in [0.4, 0.5) is 0 Å².